The van der Waals surface area contributed by atoms with Gasteiger partial charge >= 0.3 is 0 Å². The molecule has 0 radical (unpaired) electrons. The van der Waals surface area contributed by atoms with Gasteiger partial charge in [-0.05, 0) is 37.6 Å². The molecule has 0 fully saturated rings. The van der Waals surface area contributed by atoms with Crippen molar-refractivity contribution in [3.8, 4) is 0 Å². The fourth-order valence-corrected chi connectivity index (χ4v) is 2.52. The van der Waals surface area contributed by atoms with Crippen LogP contribution in [0.1, 0.15) is 24.1 Å². The molecule has 0 aliphatic rings. The van der Waals surface area contributed by atoms with Gasteiger partial charge in [-0.25, -0.2) is 0 Å². The Labute approximate surface area is 123 Å². The first-order chi connectivity index (χ1) is 9.15. The standard InChI is InChI=1S/C14H17Cl2N3/c1-3-19-9-10(8-18-19)7-13(17-2)11-5-4-6-12(15)14(11)16/h4-6,8-9,13,17H,3,7H2,1-2H3. The summed E-state index contributed by atoms with van der Waals surface area (Å²) in [6.45, 7) is 2.95. The lowest BCUT2D eigenvalue weighted by Crippen LogP contribution is -2.19. The summed E-state index contributed by atoms with van der Waals surface area (Å²) >= 11 is 12.3. The van der Waals surface area contributed by atoms with Crippen molar-refractivity contribution in [2.45, 2.75) is 25.9 Å². The Morgan fingerprint density at radius 1 is 1.37 bits per heavy atom. The molecule has 1 atom stereocenters. The number of aromatic nitrogens is 2. The summed E-state index contributed by atoms with van der Waals surface area (Å²) in [5, 5.41) is 8.77. The molecule has 1 aromatic carbocycles. The average Bonchev–Trinajstić information content (AvgIpc) is 2.87. The topological polar surface area (TPSA) is 29.9 Å². The Hall–Kier alpha value is -1.03. The molecule has 0 aliphatic carbocycles. The number of rotatable bonds is 5. The molecule has 2 aromatic rings. The van der Waals surface area contributed by atoms with Crippen LogP contribution in [0.4, 0.5) is 0 Å². The van der Waals surface area contributed by atoms with Crippen LogP contribution in [-0.2, 0) is 13.0 Å². The number of likely N-dealkylation sites (N-methyl/N-ethyl adjacent to an activating group) is 1. The Morgan fingerprint density at radius 2 is 2.16 bits per heavy atom. The van der Waals surface area contributed by atoms with Gasteiger partial charge in [0.15, 0.2) is 0 Å². The molecule has 102 valence electrons. The van der Waals surface area contributed by atoms with Crippen LogP contribution >= 0.6 is 23.2 Å². The van der Waals surface area contributed by atoms with Gasteiger partial charge in [-0.2, -0.15) is 5.10 Å². The smallest absolute Gasteiger partial charge is 0.0640 e. The third-order valence-corrected chi connectivity index (χ3v) is 3.99. The van der Waals surface area contributed by atoms with E-state index in [1.54, 1.807) is 6.07 Å². The molecule has 2 rings (SSSR count). The van der Waals surface area contributed by atoms with E-state index in [2.05, 4.69) is 23.5 Å². The van der Waals surface area contributed by atoms with Crippen LogP contribution in [0, 0.1) is 0 Å². The van der Waals surface area contributed by atoms with E-state index in [-0.39, 0.29) is 6.04 Å². The average molecular weight is 298 g/mol. The first-order valence-corrected chi connectivity index (χ1v) is 7.03. The molecule has 0 spiro atoms. The van der Waals surface area contributed by atoms with Gasteiger partial charge in [0.1, 0.15) is 0 Å². The Kier molecular flexibility index (Phi) is 4.86. The number of hydrogen-bond acceptors (Lipinski definition) is 2. The minimum absolute atomic E-state index is 0.126. The Bertz CT molecular complexity index is 551. The Morgan fingerprint density at radius 3 is 2.79 bits per heavy atom. The zero-order valence-electron chi connectivity index (χ0n) is 11.0. The van der Waals surface area contributed by atoms with Crippen molar-refractivity contribution < 1.29 is 0 Å². The van der Waals surface area contributed by atoms with Gasteiger partial charge in [0.05, 0.1) is 16.2 Å². The first kappa shape index (κ1) is 14.4. The molecule has 0 saturated heterocycles. The maximum absolute atomic E-state index is 6.27. The zero-order chi connectivity index (χ0) is 13.8. The molecule has 0 aliphatic heterocycles. The van der Waals surface area contributed by atoms with Crippen molar-refractivity contribution >= 4 is 23.2 Å². The SMILES string of the molecule is CCn1cc(CC(NC)c2cccc(Cl)c2Cl)cn1. The van der Waals surface area contributed by atoms with Crippen molar-refractivity contribution in [1.29, 1.82) is 0 Å². The highest BCUT2D eigenvalue weighted by Crippen LogP contribution is 2.31. The van der Waals surface area contributed by atoms with E-state index >= 15 is 0 Å². The maximum Gasteiger partial charge on any atom is 0.0640 e. The Balaban J connectivity index is 2.22. The number of nitrogens with one attached hydrogen (secondary N) is 1. The normalized spacial score (nSPS) is 12.6. The van der Waals surface area contributed by atoms with Gasteiger partial charge in [-0.15, -0.1) is 0 Å². The highest BCUT2D eigenvalue weighted by Gasteiger charge is 2.16. The van der Waals surface area contributed by atoms with Crippen LogP contribution in [0.3, 0.4) is 0 Å². The number of benzene rings is 1. The number of hydrogen-bond donors (Lipinski definition) is 1. The number of halogens is 2. The molecule has 0 saturated carbocycles. The van der Waals surface area contributed by atoms with E-state index in [0.29, 0.717) is 10.0 Å². The van der Waals surface area contributed by atoms with Gasteiger partial charge in [0.25, 0.3) is 0 Å². The molecule has 1 aromatic heterocycles. The van der Waals surface area contributed by atoms with Crippen LogP contribution in [-0.4, -0.2) is 16.8 Å². The highest BCUT2D eigenvalue weighted by molar-refractivity contribution is 6.42. The lowest BCUT2D eigenvalue weighted by molar-refractivity contribution is 0.591. The molecule has 0 amide bonds. The fraction of sp³-hybridized carbons (Fsp3) is 0.357. The second kappa shape index (κ2) is 6.42. The van der Waals surface area contributed by atoms with Crippen molar-refractivity contribution in [3.05, 3.63) is 51.8 Å². The monoisotopic (exact) mass is 297 g/mol. The molecular weight excluding hydrogens is 281 g/mol. The van der Waals surface area contributed by atoms with Crippen molar-refractivity contribution in [1.82, 2.24) is 15.1 Å². The fourth-order valence-electron chi connectivity index (χ4n) is 2.08. The number of nitrogens with zero attached hydrogens (tertiary/aromatic N) is 2. The van der Waals surface area contributed by atoms with E-state index in [9.17, 15) is 0 Å². The largest absolute Gasteiger partial charge is 0.313 e. The molecule has 19 heavy (non-hydrogen) atoms. The van der Waals surface area contributed by atoms with Crippen molar-refractivity contribution in [2.75, 3.05) is 7.05 Å². The summed E-state index contributed by atoms with van der Waals surface area (Å²) in [5.41, 5.74) is 2.19. The van der Waals surface area contributed by atoms with Crippen LogP contribution in [0.2, 0.25) is 10.0 Å². The highest BCUT2D eigenvalue weighted by atomic mass is 35.5. The summed E-state index contributed by atoms with van der Waals surface area (Å²) in [4.78, 5) is 0. The van der Waals surface area contributed by atoms with E-state index in [1.807, 2.05) is 30.1 Å². The second-order valence-corrected chi connectivity index (χ2v) is 5.18. The maximum atomic E-state index is 6.27. The van der Waals surface area contributed by atoms with Gasteiger partial charge in [0.2, 0.25) is 0 Å². The third-order valence-electron chi connectivity index (χ3n) is 3.16. The quantitative estimate of drug-likeness (QED) is 0.912. The van der Waals surface area contributed by atoms with Gasteiger partial charge < -0.3 is 5.32 Å². The van der Waals surface area contributed by atoms with E-state index in [1.165, 1.54) is 5.56 Å². The lowest BCUT2D eigenvalue weighted by atomic mass is 10.0. The van der Waals surface area contributed by atoms with Crippen LogP contribution in [0.15, 0.2) is 30.6 Å². The molecule has 1 unspecified atom stereocenters. The molecule has 1 heterocycles. The van der Waals surface area contributed by atoms with Crippen LogP contribution in [0.25, 0.3) is 0 Å². The van der Waals surface area contributed by atoms with E-state index in [0.717, 1.165) is 18.5 Å². The molecule has 0 bridgehead atoms. The minimum atomic E-state index is 0.126. The van der Waals surface area contributed by atoms with Gasteiger partial charge in [-0.3, -0.25) is 4.68 Å². The van der Waals surface area contributed by atoms with Crippen LogP contribution in [0.5, 0.6) is 0 Å². The molecular formula is C14H17Cl2N3. The lowest BCUT2D eigenvalue weighted by Gasteiger charge is -2.17. The minimum Gasteiger partial charge on any atom is -0.313 e. The number of aryl methyl sites for hydroxylation is 1. The predicted molar refractivity (Wildman–Crippen MR) is 79.9 cm³/mol. The summed E-state index contributed by atoms with van der Waals surface area (Å²) in [6, 6.07) is 5.85. The van der Waals surface area contributed by atoms with Crippen LogP contribution < -0.4 is 5.32 Å². The molecule has 5 heteroatoms. The summed E-state index contributed by atoms with van der Waals surface area (Å²) in [7, 11) is 1.92. The predicted octanol–water partition coefficient (Wildman–Crippen LogP) is 3.71. The third kappa shape index (κ3) is 3.30. The second-order valence-electron chi connectivity index (χ2n) is 4.39. The van der Waals surface area contributed by atoms with E-state index in [4.69, 9.17) is 23.2 Å². The molecule has 1 N–H and O–H groups in total. The van der Waals surface area contributed by atoms with Gasteiger partial charge in [-0.1, -0.05) is 35.3 Å². The zero-order valence-corrected chi connectivity index (χ0v) is 12.5. The first-order valence-electron chi connectivity index (χ1n) is 6.28. The van der Waals surface area contributed by atoms with Crippen molar-refractivity contribution in [2.24, 2.45) is 0 Å². The van der Waals surface area contributed by atoms with E-state index < -0.39 is 0 Å². The summed E-state index contributed by atoms with van der Waals surface area (Å²) in [6.07, 6.45) is 4.78. The summed E-state index contributed by atoms with van der Waals surface area (Å²) in [5.74, 6) is 0. The van der Waals surface area contributed by atoms with Gasteiger partial charge in [0, 0.05) is 18.8 Å². The summed E-state index contributed by atoms with van der Waals surface area (Å²) < 4.78 is 1.92. The van der Waals surface area contributed by atoms with Crippen molar-refractivity contribution in [3.63, 3.8) is 0 Å². The molecule has 3 nitrogen and oxygen atoms in total.